The smallest absolute Gasteiger partial charge is 0.261 e. The van der Waals surface area contributed by atoms with E-state index in [4.69, 9.17) is 0 Å². The molecule has 0 amide bonds. The molecule has 0 bridgehead atoms. The van der Waals surface area contributed by atoms with Crippen LogP contribution in [0.2, 0.25) is 0 Å². The Bertz CT molecular complexity index is 1140. The van der Waals surface area contributed by atoms with Gasteiger partial charge < -0.3 is 4.90 Å². The number of benzene rings is 3. The summed E-state index contributed by atoms with van der Waals surface area (Å²) in [6.07, 6.45) is 0. The van der Waals surface area contributed by atoms with Crippen LogP contribution in [-0.4, -0.2) is 39.5 Å². The number of hydrogen-bond donors (Lipinski definition) is 1. The molecule has 1 fully saturated rings. The Morgan fingerprint density at radius 2 is 1.39 bits per heavy atom. The second kappa shape index (κ2) is 9.57. The van der Waals surface area contributed by atoms with E-state index < -0.39 is 10.0 Å². The Kier molecular flexibility index (Phi) is 6.77. The Hall–Kier alpha value is -2.83. The van der Waals surface area contributed by atoms with E-state index in [9.17, 15) is 8.42 Å². The molecule has 174 valence electrons. The summed E-state index contributed by atoms with van der Waals surface area (Å²) in [5.74, 6) is 0. The molecule has 0 aliphatic carbocycles. The zero-order chi connectivity index (χ0) is 23.5. The van der Waals surface area contributed by atoms with E-state index in [1.165, 1.54) is 11.3 Å². The molecule has 4 rings (SSSR count). The average molecular weight is 464 g/mol. The molecule has 0 aromatic heterocycles. The first kappa shape index (κ1) is 23.3. The fraction of sp³-hybridized carbons (Fsp3) is 0.333. The summed E-state index contributed by atoms with van der Waals surface area (Å²) < 4.78 is 28.3. The highest BCUT2D eigenvalue weighted by Gasteiger charge is 2.19. The lowest BCUT2D eigenvalue weighted by Gasteiger charge is -2.36. The van der Waals surface area contributed by atoms with E-state index in [2.05, 4.69) is 59.6 Å². The number of anilines is 2. The Balaban J connectivity index is 1.33. The van der Waals surface area contributed by atoms with E-state index in [0.717, 1.165) is 38.3 Å². The van der Waals surface area contributed by atoms with Crippen LogP contribution in [0.25, 0.3) is 0 Å². The number of rotatable bonds is 6. The minimum absolute atomic E-state index is 0.0141. The van der Waals surface area contributed by atoms with Crippen LogP contribution in [0.3, 0.4) is 0 Å². The summed E-state index contributed by atoms with van der Waals surface area (Å²) in [5, 5.41) is 0. The second-order valence-corrected chi connectivity index (χ2v) is 11.4. The van der Waals surface area contributed by atoms with Crippen molar-refractivity contribution in [2.24, 2.45) is 0 Å². The van der Waals surface area contributed by atoms with Gasteiger partial charge in [-0.15, -0.1) is 0 Å². The van der Waals surface area contributed by atoms with E-state index in [1.807, 2.05) is 42.5 Å². The van der Waals surface area contributed by atoms with Crippen LogP contribution < -0.4 is 9.62 Å². The molecule has 0 saturated carbocycles. The highest BCUT2D eigenvalue weighted by atomic mass is 32.2. The van der Waals surface area contributed by atoms with Crippen LogP contribution in [0.4, 0.5) is 11.4 Å². The topological polar surface area (TPSA) is 52.7 Å². The van der Waals surface area contributed by atoms with E-state index >= 15 is 0 Å². The molecule has 0 spiro atoms. The van der Waals surface area contributed by atoms with Crippen molar-refractivity contribution in [3.8, 4) is 0 Å². The van der Waals surface area contributed by atoms with Crippen LogP contribution in [0.1, 0.15) is 31.9 Å². The molecule has 33 heavy (non-hydrogen) atoms. The summed E-state index contributed by atoms with van der Waals surface area (Å²) in [5.41, 5.74) is 4.13. The summed E-state index contributed by atoms with van der Waals surface area (Å²) in [6.45, 7) is 11.2. The van der Waals surface area contributed by atoms with Gasteiger partial charge in [-0.3, -0.25) is 9.62 Å². The molecule has 5 nitrogen and oxygen atoms in total. The van der Waals surface area contributed by atoms with Gasteiger partial charge in [0, 0.05) is 44.1 Å². The maximum atomic E-state index is 12.8. The van der Waals surface area contributed by atoms with Gasteiger partial charge in [-0.25, -0.2) is 8.42 Å². The first-order valence-electron chi connectivity index (χ1n) is 11.5. The number of nitrogens with one attached hydrogen (secondary N) is 1. The van der Waals surface area contributed by atoms with Crippen LogP contribution >= 0.6 is 0 Å². The first-order valence-corrected chi connectivity index (χ1v) is 12.9. The fourth-order valence-electron chi connectivity index (χ4n) is 4.09. The highest BCUT2D eigenvalue weighted by Crippen LogP contribution is 2.24. The van der Waals surface area contributed by atoms with Gasteiger partial charge in [0.1, 0.15) is 0 Å². The molecule has 1 N–H and O–H groups in total. The first-order chi connectivity index (χ1) is 15.7. The SMILES string of the molecule is CC(C)(C)c1ccc(S(=O)(=O)Nc2ccc(CN3CCN(c4ccccc4)CC3)cc2)cc1. The molecular formula is C27H33N3O2S. The molecule has 1 heterocycles. The van der Waals surface area contributed by atoms with Crippen LogP contribution in [0.15, 0.2) is 83.8 Å². The zero-order valence-electron chi connectivity index (χ0n) is 19.7. The summed E-state index contributed by atoms with van der Waals surface area (Å²) in [6, 6.07) is 25.3. The van der Waals surface area contributed by atoms with Gasteiger partial charge in [-0.2, -0.15) is 0 Å². The number of para-hydroxylation sites is 1. The predicted octanol–water partition coefficient (Wildman–Crippen LogP) is 5.11. The molecule has 1 aliphatic rings. The molecule has 0 atom stereocenters. The van der Waals surface area contributed by atoms with Crippen molar-refractivity contribution in [2.75, 3.05) is 35.8 Å². The lowest BCUT2D eigenvalue weighted by atomic mass is 9.87. The van der Waals surface area contributed by atoms with Crippen molar-refractivity contribution < 1.29 is 8.42 Å². The van der Waals surface area contributed by atoms with Gasteiger partial charge in [0.25, 0.3) is 10.0 Å². The van der Waals surface area contributed by atoms with Crippen molar-refractivity contribution in [3.63, 3.8) is 0 Å². The third-order valence-corrected chi connectivity index (χ3v) is 7.53. The quantitative estimate of drug-likeness (QED) is 0.552. The number of nitrogens with zero attached hydrogens (tertiary/aromatic N) is 2. The van der Waals surface area contributed by atoms with E-state index in [1.54, 1.807) is 12.1 Å². The molecule has 0 unspecified atom stereocenters. The molecule has 6 heteroatoms. The Morgan fingerprint density at radius 3 is 1.97 bits per heavy atom. The number of hydrogen-bond acceptors (Lipinski definition) is 4. The molecule has 3 aromatic carbocycles. The maximum absolute atomic E-state index is 12.8. The third-order valence-electron chi connectivity index (χ3n) is 6.14. The molecule has 3 aromatic rings. The lowest BCUT2D eigenvalue weighted by molar-refractivity contribution is 0.250. The van der Waals surface area contributed by atoms with Crippen LogP contribution in [0, 0.1) is 0 Å². The third kappa shape index (κ3) is 5.95. The average Bonchev–Trinajstić information content (AvgIpc) is 2.81. The van der Waals surface area contributed by atoms with Crippen molar-refractivity contribution >= 4 is 21.4 Å². The molecule has 1 saturated heterocycles. The van der Waals surface area contributed by atoms with Gasteiger partial charge in [0.2, 0.25) is 0 Å². The van der Waals surface area contributed by atoms with E-state index in [0.29, 0.717) is 5.69 Å². The van der Waals surface area contributed by atoms with Crippen molar-refractivity contribution in [3.05, 3.63) is 90.0 Å². The fourth-order valence-corrected chi connectivity index (χ4v) is 5.15. The minimum Gasteiger partial charge on any atom is -0.369 e. The number of sulfonamides is 1. The van der Waals surface area contributed by atoms with Gasteiger partial charge >= 0.3 is 0 Å². The minimum atomic E-state index is -3.61. The highest BCUT2D eigenvalue weighted by molar-refractivity contribution is 7.92. The second-order valence-electron chi connectivity index (χ2n) is 9.68. The van der Waals surface area contributed by atoms with Crippen molar-refractivity contribution in [1.29, 1.82) is 0 Å². The van der Waals surface area contributed by atoms with Crippen molar-refractivity contribution in [1.82, 2.24) is 4.90 Å². The number of piperazine rings is 1. The summed E-state index contributed by atoms with van der Waals surface area (Å²) in [7, 11) is -3.61. The Morgan fingerprint density at radius 1 is 0.788 bits per heavy atom. The maximum Gasteiger partial charge on any atom is 0.261 e. The van der Waals surface area contributed by atoms with Gasteiger partial charge in [-0.05, 0) is 52.9 Å². The Labute approximate surface area is 198 Å². The molecule has 0 radical (unpaired) electrons. The summed E-state index contributed by atoms with van der Waals surface area (Å²) >= 11 is 0. The largest absolute Gasteiger partial charge is 0.369 e. The lowest BCUT2D eigenvalue weighted by Crippen LogP contribution is -2.45. The molecule has 1 aliphatic heterocycles. The predicted molar refractivity (Wildman–Crippen MR) is 136 cm³/mol. The zero-order valence-corrected chi connectivity index (χ0v) is 20.5. The van der Waals surface area contributed by atoms with Crippen LogP contribution in [0.5, 0.6) is 0 Å². The van der Waals surface area contributed by atoms with Crippen LogP contribution in [-0.2, 0) is 22.0 Å². The molecular weight excluding hydrogens is 430 g/mol. The standard InChI is InChI=1S/C27H33N3O2S/c1-27(2,3)23-11-15-26(16-12-23)33(31,32)28-24-13-9-22(10-14-24)21-29-17-19-30(20-18-29)25-7-5-4-6-8-25/h4-16,28H,17-21H2,1-3H3. The monoisotopic (exact) mass is 463 g/mol. The van der Waals surface area contributed by atoms with Gasteiger partial charge in [-0.1, -0.05) is 63.2 Å². The van der Waals surface area contributed by atoms with Gasteiger partial charge in [0.15, 0.2) is 0 Å². The van der Waals surface area contributed by atoms with Gasteiger partial charge in [0.05, 0.1) is 4.90 Å². The normalized spacial score (nSPS) is 15.4. The van der Waals surface area contributed by atoms with Crippen molar-refractivity contribution in [2.45, 2.75) is 37.6 Å². The summed E-state index contributed by atoms with van der Waals surface area (Å²) in [4.78, 5) is 5.13. The van der Waals surface area contributed by atoms with E-state index in [-0.39, 0.29) is 10.3 Å².